The minimum absolute atomic E-state index is 0.0512. The van der Waals surface area contributed by atoms with Gasteiger partial charge < -0.3 is 10.6 Å². The van der Waals surface area contributed by atoms with Crippen LogP contribution < -0.4 is 10.6 Å². The van der Waals surface area contributed by atoms with Crippen molar-refractivity contribution in [3.8, 4) is 0 Å². The highest BCUT2D eigenvalue weighted by Gasteiger charge is 2.08. The molecule has 0 aliphatic rings. The van der Waals surface area contributed by atoms with Gasteiger partial charge >= 0.3 is 6.03 Å². The zero-order chi connectivity index (χ0) is 16.8. The van der Waals surface area contributed by atoms with Crippen LogP contribution in [0.1, 0.15) is 34.8 Å². The Morgan fingerprint density at radius 1 is 1.13 bits per heavy atom. The summed E-state index contributed by atoms with van der Waals surface area (Å²) in [5.74, 6) is 0.258. The number of nitrogens with one attached hydrogen (secondary N) is 2. The third kappa shape index (κ3) is 5.24. The summed E-state index contributed by atoms with van der Waals surface area (Å²) in [6.45, 7) is 4.19. The fraction of sp³-hybridized carbons (Fsp3) is 0.333. The van der Waals surface area contributed by atoms with Gasteiger partial charge in [-0.25, -0.2) is 23.5 Å². The van der Waals surface area contributed by atoms with Crippen molar-refractivity contribution in [2.45, 2.75) is 33.4 Å². The number of hydrogen-bond acceptors (Lipinski definition) is 4. The molecule has 0 saturated heterocycles. The lowest BCUT2D eigenvalue weighted by molar-refractivity contribution is 0.150. The third-order valence-corrected chi connectivity index (χ3v) is 2.97. The fourth-order valence-electron chi connectivity index (χ4n) is 1.98. The molecule has 2 heterocycles. The zero-order valence-electron chi connectivity index (χ0n) is 12.8. The van der Waals surface area contributed by atoms with Crippen molar-refractivity contribution in [2.24, 2.45) is 0 Å². The number of aromatic nitrogens is 3. The zero-order valence-corrected chi connectivity index (χ0v) is 12.8. The average molecular weight is 321 g/mol. The maximum atomic E-state index is 12.4. The van der Waals surface area contributed by atoms with E-state index in [4.69, 9.17) is 0 Å². The van der Waals surface area contributed by atoms with Crippen molar-refractivity contribution in [2.75, 3.05) is 0 Å². The second-order valence-corrected chi connectivity index (χ2v) is 5.05. The van der Waals surface area contributed by atoms with Crippen molar-refractivity contribution in [1.29, 1.82) is 0 Å². The molecule has 2 amide bonds. The van der Waals surface area contributed by atoms with Gasteiger partial charge in [0.15, 0.2) is 0 Å². The van der Waals surface area contributed by atoms with Crippen LogP contribution in [0.2, 0.25) is 0 Å². The minimum atomic E-state index is -2.61. The number of carbonyl (C=O) groups is 1. The van der Waals surface area contributed by atoms with Crippen molar-refractivity contribution in [1.82, 2.24) is 25.6 Å². The molecule has 6 nitrogen and oxygen atoms in total. The van der Waals surface area contributed by atoms with Crippen LogP contribution in [0.3, 0.4) is 0 Å². The standard InChI is InChI=1S/C15H17F2N5O/c1-9-3-10(2)22-12(4-9)7-20-15(23)21-8-13-18-5-11(6-19-13)14(16)17/h3-6,14H,7-8H2,1-2H3,(H2,20,21,23). The van der Waals surface area contributed by atoms with Crippen LogP contribution in [-0.4, -0.2) is 21.0 Å². The Bertz CT molecular complexity index is 656. The number of carbonyl (C=O) groups excluding carboxylic acids is 1. The summed E-state index contributed by atoms with van der Waals surface area (Å²) >= 11 is 0. The summed E-state index contributed by atoms with van der Waals surface area (Å²) in [6, 6.07) is 3.43. The molecule has 2 aromatic rings. The van der Waals surface area contributed by atoms with Crippen molar-refractivity contribution < 1.29 is 13.6 Å². The Morgan fingerprint density at radius 2 is 1.78 bits per heavy atom. The number of halogens is 2. The average Bonchev–Trinajstić information content (AvgIpc) is 2.50. The second kappa shape index (κ2) is 7.57. The summed E-state index contributed by atoms with van der Waals surface area (Å²) in [5, 5.41) is 5.22. The van der Waals surface area contributed by atoms with Crippen molar-refractivity contribution in [3.05, 3.63) is 52.9 Å². The van der Waals surface area contributed by atoms with E-state index < -0.39 is 12.5 Å². The Morgan fingerprint density at radius 3 is 2.39 bits per heavy atom. The maximum Gasteiger partial charge on any atom is 0.315 e. The quantitative estimate of drug-likeness (QED) is 0.886. The Kier molecular flexibility index (Phi) is 5.51. The first-order chi connectivity index (χ1) is 10.9. The lowest BCUT2D eigenvalue weighted by Crippen LogP contribution is -2.35. The smallest absolute Gasteiger partial charge is 0.315 e. The highest BCUT2D eigenvalue weighted by Crippen LogP contribution is 2.15. The van der Waals surface area contributed by atoms with Crippen LogP contribution in [-0.2, 0) is 13.1 Å². The van der Waals surface area contributed by atoms with E-state index in [-0.39, 0.29) is 17.9 Å². The van der Waals surface area contributed by atoms with E-state index in [1.807, 2.05) is 26.0 Å². The van der Waals surface area contributed by atoms with Gasteiger partial charge in [-0.05, 0) is 31.5 Å². The number of amides is 2. The van der Waals surface area contributed by atoms with Gasteiger partial charge in [0.25, 0.3) is 6.43 Å². The highest BCUT2D eigenvalue weighted by atomic mass is 19.3. The van der Waals surface area contributed by atoms with Crippen molar-refractivity contribution in [3.63, 3.8) is 0 Å². The highest BCUT2D eigenvalue weighted by molar-refractivity contribution is 5.73. The topological polar surface area (TPSA) is 79.8 Å². The molecule has 0 atom stereocenters. The normalized spacial score (nSPS) is 10.7. The molecule has 0 aliphatic carbocycles. The van der Waals surface area contributed by atoms with Crippen LogP contribution in [0.15, 0.2) is 24.5 Å². The molecule has 2 rings (SSSR count). The summed E-state index contributed by atoms with van der Waals surface area (Å²) < 4.78 is 24.7. The summed E-state index contributed by atoms with van der Waals surface area (Å²) in [5.41, 5.74) is 2.46. The van der Waals surface area contributed by atoms with E-state index in [1.165, 1.54) is 0 Å². The van der Waals surface area contributed by atoms with E-state index in [0.717, 1.165) is 29.3 Å². The largest absolute Gasteiger partial charge is 0.333 e. The number of urea groups is 1. The first-order valence-electron chi connectivity index (χ1n) is 6.99. The van der Waals surface area contributed by atoms with E-state index in [2.05, 4.69) is 25.6 Å². The van der Waals surface area contributed by atoms with Gasteiger partial charge in [0.2, 0.25) is 0 Å². The van der Waals surface area contributed by atoms with Gasteiger partial charge in [-0.15, -0.1) is 0 Å². The summed E-state index contributed by atoms with van der Waals surface area (Å²) in [6.07, 6.45) is -0.511. The minimum Gasteiger partial charge on any atom is -0.333 e. The summed E-state index contributed by atoms with van der Waals surface area (Å²) in [7, 11) is 0. The molecule has 8 heteroatoms. The monoisotopic (exact) mass is 321 g/mol. The molecule has 0 aliphatic heterocycles. The molecule has 0 radical (unpaired) electrons. The molecule has 0 bridgehead atoms. The van der Waals surface area contributed by atoms with Gasteiger partial charge in [0, 0.05) is 18.1 Å². The van der Waals surface area contributed by atoms with Gasteiger partial charge in [-0.3, -0.25) is 4.98 Å². The molecule has 0 saturated carbocycles. The molecule has 0 aromatic carbocycles. The van der Waals surface area contributed by atoms with Crippen molar-refractivity contribution >= 4 is 6.03 Å². The fourth-order valence-corrected chi connectivity index (χ4v) is 1.98. The molecule has 122 valence electrons. The molecule has 2 N–H and O–H groups in total. The van der Waals surface area contributed by atoms with Gasteiger partial charge in [0.1, 0.15) is 5.82 Å². The first kappa shape index (κ1) is 16.7. The van der Waals surface area contributed by atoms with Crippen LogP contribution in [0.25, 0.3) is 0 Å². The van der Waals surface area contributed by atoms with Crippen LogP contribution in [0.4, 0.5) is 13.6 Å². The number of hydrogen-bond donors (Lipinski definition) is 2. The Hall–Kier alpha value is -2.64. The van der Waals surface area contributed by atoms with Gasteiger partial charge in [-0.1, -0.05) is 0 Å². The maximum absolute atomic E-state index is 12.4. The molecule has 0 unspecified atom stereocenters. The van der Waals surface area contributed by atoms with Crippen LogP contribution in [0.5, 0.6) is 0 Å². The SMILES string of the molecule is Cc1cc(C)nc(CNC(=O)NCc2ncc(C(F)F)cn2)c1. The predicted octanol–water partition coefficient (Wildman–Crippen LogP) is 2.43. The number of aryl methyl sites for hydroxylation is 2. The van der Waals surface area contributed by atoms with Gasteiger partial charge in [0.05, 0.1) is 24.3 Å². The molecular formula is C15H17F2N5O. The third-order valence-electron chi connectivity index (χ3n) is 2.97. The number of rotatable bonds is 5. The Balaban J connectivity index is 1.80. The van der Waals surface area contributed by atoms with E-state index in [9.17, 15) is 13.6 Å². The van der Waals surface area contributed by atoms with Gasteiger partial charge in [-0.2, -0.15) is 0 Å². The number of alkyl halides is 2. The van der Waals surface area contributed by atoms with Crippen LogP contribution in [0, 0.1) is 13.8 Å². The molecular weight excluding hydrogens is 304 g/mol. The van der Waals surface area contributed by atoms with Crippen LogP contribution >= 0.6 is 0 Å². The van der Waals surface area contributed by atoms with E-state index in [0.29, 0.717) is 6.54 Å². The number of pyridine rings is 1. The first-order valence-corrected chi connectivity index (χ1v) is 6.99. The van der Waals surface area contributed by atoms with E-state index in [1.54, 1.807) is 0 Å². The Labute approximate surface area is 132 Å². The second-order valence-electron chi connectivity index (χ2n) is 5.05. The molecule has 0 spiro atoms. The molecule has 0 fully saturated rings. The molecule has 2 aromatic heterocycles. The number of nitrogens with zero attached hydrogens (tertiary/aromatic N) is 3. The lowest BCUT2D eigenvalue weighted by atomic mass is 10.2. The lowest BCUT2D eigenvalue weighted by Gasteiger charge is -2.08. The molecule has 23 heavy (non-hydrogen) atoms. The predicted molar refractivity (Wildman–Crippen MR) is 79.8 cm³/mol. The summed E-state index contributed by atoms with van der Waals surface area (Å²) in [4.78, 5) is 23.6. The van der Waals surface area contributed by atoms with E-state index >= 15 is 0 Å².